The van der Waals surface area contributed by atoms with Crippen molar-refractivity contribution in [3.8, 4) is 11.5 Å². The van der Waals surface area contributed by atoms with Crippen molar-refractivity contribution < 1.29 is 22.7 Å². The molecule has 2 aromatic carbocycles. The second-order valence-corrected chi connectivity index (χ2v) is 7.91. The minimum Gasteiger partial charge on any atom is -0.497 e. The molecule has 0 amide bonds. The van der Waals surface area contributed by atoms with Crippen LogP contribution in [0.3, 0.4) is 0 Å². The van der Waals surface area contributed by atoms with Crippen LogP contribution in [0.25, 0.3) is 0 Å². The first-order valence-electron chi connectivity index (χ1n) is 8.03. The van der Waals surface area contributed by atoms with E-state index in [1.54, 1.807) is 25.1 Å². The van der Waals surface area contributed by atoms with Gasteiger partial charge in [0.1, 0.15) is 16.4 Å². The number of ether oxygens (including phenoxy) is 2. The van der Waals surface area contributed by atoms with Crippen LogP contribution in [0, 0.1) is 6.92 Å². The Bertz CT molecular complexity index is 891. The van der Waals surface area contributed by atoms with Gasteiger partial charge in [0.2, 0.25) is 10.0 Å². The Hall–Kier alpha value is -2.38. The normalized spacial score (nSPS) is 12.7. The number of sulfonamides is 1. The van der Waals surface area contributed by atoms with E-state index >= 15 is 0 Å². The molecule has 0 aliphatic rings. The Balaban J connectivity index is 2.39. The van der Waals surface area contributed by atoms with Gasteiger partial charge in [0.25, 0.3) is 0 Å². The second kappa shape index (κ2) is 7.88. The van der Waals surface area contributed by atoms with Crippen LogP contribution in [0.4, 0.5) is 0 Å². The standard InChI is InChI=1S/C19H23NO5S/c1-13-6-8-15(9-7-13)19(21)14(2)20(3)26(22,23)18-12-16(24-4)10-11-17(18)25-5/h6-12,14H,1-5H3. The minimum absolute atomic E-state index is 0.0505. The predicted molar refractivity (Wildman–Crippen MR) is 99.5 cm³/mol. The Labute approximate surface area is 154 Å². The summed E-state index contributed by atoms with van der Waals surface area (Å²) in [5, 5.41) is 0. The van der Waals surface area contributed by atoms with Crippen molar-refractivity contribution in [1.82, 2.24) is 4.31 Å². The molecular formula is C19H23NO5S. The van der Waals surface area contributed by atoms with Crippen molar-refractivity contribution in [3.63, 3.8) is 0 Å². The number of carbonyl (C=O) groups is 1. The average Bonchev–Trinajstić information content (AvgIpc) is 2.66. The van der Waals surface area contributed by atoms with Gasteiger partial charge in [-0.25, -0.2) is 8.42 Å². The number of methoxy groups -OCH3 is 2. The zero-order valence-electron chi connectivity index (χ0n) is 15.5. The molecule has 0 saturated carbocycles. The monoisotopic (exact) mass is 377 g/mol. The van der Waals surface area contributed by atoms with Crippen LogP contribution in [0.15, 0.2) is 47.4 Å². The first-order chi connectivity index (χ1) is 12.2. The van der Waals surface area contributed by atoms with Gasteiger partial charge in [-0.1, -0.05) is 29.8 Å². The fourth-order valence-electron chi connectivity index (χ4n) is 2.47. The van der Waals surface area contributed by atoms with Gasteiger partial charge in [-0.2, -0.15) is 4.31 Å². The van der Waals surface area contributed by atoms with Gasteiger partial charge in [0.05, 0.1) is 20.3 Å². The number of rotatable bonds is 7. The molecule has 140 valence electrons. The number of carbonyl (C=O) groups excluding carboxylic acids is 1. The van der Waals surface area contributed by atoms with Crippen LogP contribution >= 0.6 is 0 Å². The largest absolute Gasteiger partial charge is 0.497 e. The lowest BCUT2D eigenvalue weighted by Crippen LogP contribution is -2.40. The number of benzene rings is 2. The third-order valence-corrected chi connectivity index (χ3v) is 6.24. The average molecular weight is 377 g/mol. The molecule has 0 aliphatic carbocycles. The molecule has 1 atom stereocenters. The van der Waals surface area contributed by atoms with E-state index in [-0.39, 0.29) is 16.4 Å². The molecule has 2 aromatic rings. The van der Waals surface area contributed by atoms with E-state index in [0.717, 1.165) is 9.87 Å². The van der Waals surface area contributed by atoms with E-state index < -0.39 is 16.1 Å². The van der Waals surface area contributed by atoms with Gasteiger partial charge in [0, 0.05) is 18.7 Å². The first-order valence-corrected chi connectivity index (χ1v) is 9.47. The third-order valence-electron chi connectivity index (χ3n) is 4.29. The molecule has 1 unspecified atom stereocenters. The summed E-state index contributed by atoms with van der Waals surface area (Å²) in [6, 6.07) is 10.7. The summed E-state index contributed by atoms with van der Waals surface area (Å²) < 4.78 is 37.4. The number of nitrogens with zero attached hydrogens (tertiary/aromatic N) is 1. The first kappa shape index (κ1) is 19.9. The zero-order chi connectivity index (χ0) is 19.5. The third kappa shape index (κ3) is 3.89. The van der Waals surface area contributed by atoms with Crippen LogP contribution in [0.5, 0.6) is 11.5 Å². The Kier molecular flexibility index (Phi) is 6.05. The van der Waals surface area contributed by atoms with E-state index in [9.17, 15) is 13.2 Å². The van der Waals surface area contributed by atoms with Gasteiger partial charge in [-0.05, 0) is 26.0 Å². The van der Waals surface area contributed by atoms with Gasteiger partial charge in [0.15, 0.2) is 5.78 Å². The predicted octanol–water partition coefficient (Wildman–Crippen LogP) is 2.90. The molecule has 0 N–H and O–H groups in total. The summed E-state index contributed by atoms with van der Waals surface area (Å²) in [5.74, 6) is 0.292. The van der Waals surface area contributed by atoms with Crippen molar-refractivity contribution in [1.29, 1.82) is 0 Å². The maximum Gasteiger partial charge on any atom is 0.247 e. The molecule has 2 rings (SSSR count). The van der Waals surface area contributed by atoms with Crippen molar-refractivity contribution >= 4 is 15.8 Å². The molecule has 0 aromatic heterocycles. The van der Waals surface area contributed by atoms with Crippen LogP contribution in [-0.2, 0) is 10.0 Å². The van der Waals surface area contributed by atoms with Crippen LogP contribution < -0.4 is 9.47 Å². The van der Waals surface area contributed by atoms with Crippen molar-refractivity contribution in [2.75, 3.05) is 21.3 Å². The lowest BCUT2D eigenvalue weighted by Gasteiger charge is -2.24. The van der Waals surface area contributed by atoms with Crippen LogP contribution in [-0.4, -0.2) is 45.8 Å². The molecule has 6 nitrogen and oxygen atoms in total. The number of hydrogen-bond acceptors (Lipinski definition) is 5. The molecule has 0 spiro atoms. The van der Waals surface area contributed by atoms with E-state index in [0.29, 0.717) is 11.3 Å². The van der Waals surface area contributed by atoms with E-state index in [2.05, 4.69) is 0 Å². The topological polar surface area (TPSA) is 72.9 Å². The molecular weight excluding hydrogens is 354 g/mol. The highest BCUT2D eigenvalue weighted by molar-refractivity contribution is 7.89. The Morgan fingerprint density at radius 2 is 1.65 bits per heavy atom. The molecule has 0 fully saturated rings. The number of aryl methyl sites for hydroxylation is 1. The molecule has 0 saturated heterocycles. The number of Topliss-reactive ketones (excluding diaryl/α,β-unsaturated/α-hetero) is 1. The summed E-state index contributed by atoms with van der Waals surface area (Å²) in [7, 11) is 0.253. The van der Waals surface area contributed by atoms with Crippen molar-refractivity contribution in [2.24, 2.45) is 0 Å². The molecule has 26 heavy (non-hydrogen) atoms. The molecule has 0 heterocycles. The lowest BCUT2D eigenvalue weighted by atomic mass is 10.0. The van der Waals surface area contributed by atoms with Gasteiger partial charge >= 0.3 is 0 Å². The highest BCUT2D eigenvalue weighted by Gasteiger charge is 2.32. The second-order valence-electron chi connectivity index (χ2n) is 5.94. The summed E-state index contributed by atoms with van der Waals surface area (Å²) >= 11 is 0. The van der Waals surface area contributed by atoms with Crippen molar-refractivity contribution in [2.45, 2.75) is 24.8 Å². The fraction of sp³-hybridized carbons (Fsp3) is 0.316. The van der Waals surface area contributed by atoms with Gasteiger partial charge in [-0.3, -0.25) is 4.79 Å². The number of ketones is 1. The number of likely N-dealkylation sites (N-methyl/N-ethyl adjacent to an activating group) is 1. The van der Waals surface area contributed by atoms with Crippen molar-refractivity contribution in [3.05, 3.63) is 53.6 Å². The zero-order valence-corrected chi connectivity index (χ0v) is 16.3. The molecule has 0 bridgehead atoms. The SMILES string of the molecule is COc1ccc(OC)c(S(=O)(=O)N(C)C(C)C(=O)c2ccc(C)cc2)c1. The number of hydrogen-bond donors (Lipinski definition) is 0. The quantitative estimate of drug-likeness (QED) is 0.694. The highest BCUT2D eigenvalue weighted by Crippen LogP contribution is 2.31. The maximum atomic E-state index is 13.0. The summed E-state index contributed by atoms with van der Waals surface area (Å²) in [6.45, 7) is 3.48. The maximum absolute atomic E-state index is 13.0. The Morgan fingerprint density at radius 3 is 2.19 bits per heavy atom. The summed E-state index contributed by atoms with van der Waals surface area (Å²) in [4.78, 5) is 12.6. The van der Waals surface area contributed by atoms with E-state index in [1.807, 2.05) is 19.1 Å². The van der Waals surface area contributed by atoms with Crippen LogP contribution in [0.1, 0.15) is 22.8 Å². The molecule has 0 radical (unpaired) electrons. The van der Waals surface area contributed by atoms with Crippen LogP contribution in [0.2, 0.25) is 0 Å². The highest BCUT2D eigenvalue weighted by atomic mass is 32.2. The lowest BCUT2D eigenvalue weighted by molar-refractivity contribution is 0.0919. The minimum atomic E-state index is -3.97. The fourth-order valence-corrected chi connectivity index (χ4v) is 3.97. The summed E-state index contributed by atoms with van der Waals surface area (Å²) in [5.41, 5.74) is 1.49. The smallest absolute Gasteiger partial charge is 0.247 e. The molecule has 0 aliphatic heterocycles. The van der Waals surface area contributed by atoms with E-state index in [4.69, 9.17) is 9.47 Å². The molecule has 7 heteroatoms. The van der Waals surface area contributed by atoms with E-state index in [1.165, 1.54) is 33.4 Å². The Morgan fingerprint density at radius 1 is 1.04 bits per heavy atom. The summed E-state index contributed by atoms with van der Waals surface area (Å²) in [6.07, 6.45) is 0. The van der Waals surface area contributed by atoms with Gasteiger partial charge < -0.3 is 9.47 Å². The van der Waals surface area contributed by atoms with Gasteiger partial charge in [-0.15, -0.1) is 0 Å².